The van der Waals surface area contributed by atoms with Gasteiger partial charge in [0.15, 0.2) is 4.34 Å². The van der Waals surface area contributed by atoms with Crippen LogP contribution in [0.5, 0.6) is 0 Å². The van der Waals surface area contributed by atoms with Crippen molar-refractivity contribution in [2.75, 3.05) is 19.0 Å². The number of hydrogen-bond donors (Lipinski definition) is 1. The minimum atomic E-state index is -4.06. The molecule has 0 atom stereocenters. The molecule has 0 saturated heterocycles. The molecule has 1 aromatic heterocycles. The fourth-order valence-electron chi connectivity index (χ4n) is 3.61. The van der Waals surface area contributed by atoms with E-state index in [1.54, 1.807) is 12.1 Å². The van der Waals surface area contributed by atoms with Crippen LogP contribution in [0.3, 0.4) is 0 Å². The van der Waals surface area contributed by atoms with Gasteiger partial charge in [0.2, 0.25) is 10.0 Å². The fourth-order valence-corrected chi connectivity index (χ4v) is 7.08. The molecule has 12 nitrogen and oxygen atoms in total. The van der Waals surface area contributed by atoms with Gasteiger partial charge in [-0.1, -0.05) is 43.3 Å². The number of nitro benzene ring substituents is 2. The first-order valence-electron chi connectivity index (χ1n) is 12.0. The van der Waals surface area contributed by atoms with Crippen molar-refractivity contribution in [1.29, 1.82) is 0 Å². The van der Waals surface area contributed by atoms with Crippen molar-refractivity contribution < 1.29 is 18.3 Å². The lowest BCUT2D eigenvalue weighted by Gasteiger charge is -2.18. The third-order valence-corrected chi connectivity index (χ3v) is 9.80. The molecule has 4 rings (SSSR count). The molecule has 0 amide bonds. The number of rotatable bonds is 12. The van der Waals surface area contributed by atoms with Crippen LogP contribution < -0.4 is 5.43 Å². The highest BCUT2D eigenvalue weighted by Gasteiger charge is 2.26. The molecule has 0 aliphatic heterocycles. The molecule has 15 heteroatoms. The topological polar surface area (TPSA) is 161 Å². The predicted octanol–water partition coefficient (Wildman–Crippen LogP) is 6.13. The summed E-state index contributed by atoms with van der Waals surface area (Å²) in [5, 5.41) is 27.2. The standard InChI is InChI=1S/C25H24N6O6S3/c1-3-4-13-29(2)40(36,37)24-15-18(30(32)33)10-11-20(24)28-26-16-17-9-12-23(21(14-17)31(34)35)39-25-27-19-7-5-6-8-22(19)38-25/h5-12,14-16,28H,3-4,13H2,1-2H3/b26-16-. The maximum Gasteiger partial charge on any atom is 0.283 e. The Morgan fingerprint density at radius 1 is 1.10 bits per heavy atom. The summed E-state index contributed by atoms with van der Waals surface area (Å²) in [6.45, 7) is 2.17. The second-order valence-corrected chi connectivity index (χ2v) is 12.9. The Hall–Kier alpha value is -3.92. The quantitative estimate of drug-likeness (QED) is 0.115. The Labute approximate surface area is 238 Å². The van der Waals surface area contributed by atoms with E-state index in [2.05, 4.69) is 15.5 Å². The molecule has 40 heavy (non-hydrogen) atoms. The van der Waals surface area contributed by atoms with Crippen LogP contribution in [-0.4, -0.2) is 47.4 Å². The largest absolute Gasteiger partial charge is 0.283 e. The summed E-state index contributed by atoms with van der Waals surface area (Å²) in [4.78, 5) is 26.6. The Kier molecular flexibility index (Phi) is 9.09. The average molecular weight is 601 g/mol. The summed E-state index contributed by atoms with van der Waals surface area (Å²) in [6.07, 6.45) is 2.70. The summed E-state index contributed by atoms with van der Waals surface area (Å²) in [5.41, 5.74) is 3.34. The van der Waals surface area contributed by atoms with Gasteiger partial charge in [0.25, 0.3) is 11.4 Å². The van der Waals surface area contributed by atoms with Gasteiger partial charge in [0.1, 0.15) is 4.90 Å². The number of anilines is 1. The molecule has 0 unspecified atom stereocenters. The third kappa shape index (κ3) is 6.62. The summed E-state index contributed by atoms with van der Waals surface area (Å²) in [5.74, 6) is 0. The van der Waals surface area contributed by atoms with Crippen molar-refractivity contribution >= 4 is 66.6 Å². The third-order valence-electron chi connectivity index (χ3n) is 5.74. The van der Waals surface area contributed by atoms with Crippen LogP contribution in [0, 0.1) is 20.2 Å². The van der Waals surface area contributed by atoms with E-state index < -0.39 is 19.9 Å². The Balaban J connectivity index is 1.58. The lowest BCUT2D eigenvalue weighted by molar-refractivity contribution is -0.387. The molecule has 0 radical (unpaired) electrons. The number of non-ortho nitro benzene ring substituents is 1. The molecule has 0 aliphatic carbocycles. The smallest absolute Gasteiger partial charge is 0.277 e. The second-order valence-electron chi connectivity index (χ2n) is 8.52. The number of nitrogens with zero attached hydrogens (tertiary/aromatic N) is 5. The van der Waals surface area contributed by atoms with Crippen molar-refractivity contribution in [2.24, 2.45) is 5.10 Å². The highest BCUT2D eigenvalue weighted by Crippen LogP contribution is 2.39. The van der Waals surface area contributed by atoms with Crippen LogP contribution in [0.25, 0.3) is 10.2 Å². The van der Waals surface area contributed by atoms with Crippen molar-refractivity contribution in [3.63, 3.8) is 0 Å². The zero-order valence-electron chi connectivity index (χ0n) is 21.4. The van der Waals surface area contributed by atoms with Crippen LogP contribution in [0.2, 0.25) is 0 Å². The lowest BCUT2D eigenvalue weighted by Crippen LogP contribution is -2.28. The van der Waals surface area contributed by atoms with Crippen LogP contribution in [-0.2, 0) is 10.0 Å². The highest BCUT2D eigenvalue weighted by atomic mass is 32.2. The zero-order chi connectivity index (χ0) is 28.9. The minimum Gasteiger partial charge on any atom is -0.277 e. The first kappa shape index (κ1) is 29.1. The first-order valence-corrected chi connectivity index (χ1v) is 15.0. The van der Waals surface area contributed by atoms with Gasteiger partial charge in [0.05, 0.1) is 36.9 Å². The molecule has 0 saturated carbocycles. The second kappa shape index (κ2) is 12.5. The number of hydrazone groups is 1. The van der Waals surface area contributed by atoms with E-state index in [4.69, 9.17) is 0 Å². The Morgan fingerprint density at radius 2 is 1.88 bits per heavy atom. The number of fused-ring (bicyclic) bond motifs is 1. The molecule has 0 fully saturated rings. The lowest BCUT2D eigenvalue weighted by atomic mass is 10.2. The van der Waals surface area contributed by atoms with Crippen LogP contribution in [0.4, 0.5) is 17.1 Å². The summed E-state index contributed by atoms with van der Waals surface area (Å²) >= 11 is 2.63. The van der Waals surface area contributed by atoms with Gasteiger partial charge in [-0.3, -0.25) is 25.7 Å². The summed E-state index contributed by atoms with van der Waals surface area (Å²) in [7, 11) is -2.65. The Morgan fingerprint density at radius 3 is 2.58 bits per heavy atom. The zero-order valence-corrected chi connectivity index (χ0v) is 23.8. The Bertz CT molecular complexity index is 1670. The maximum atomic E-state index is 13.2. The van der Waals surface area contributed by atoms with Crippen LogP contribution in [0.15, 0.2) is 79.9 Å². The number of unbranched alkanes of at least 4 members (excludes halogenated alkanes) is 1. The van der Waals surface area contributed by atoms with Crippen LogP contribution in [0.1, 0.15) is 25.3 Å². The molecule has 1 heterocycles. The number of aromatic nitrogens is 1. The van der Waals surface area contributed by atoms with E-state index in [1.165, 1.54) is 54.6 Å². The molecule has 4 aromatic rings. The van der Waals surface area contributed by atoms with Gasteiger partial charge in [-0.15, -0.1) is 11.3 Å². The van der Waals surface area contributed by atoms with Gasteiger partial charge in [-0.2, -0.15) is 5.10 Å². The van der Waals surface area contributed by atoms with E-state index >= 15 is 0 Å². The average Bonchev–Trinajstić information content (AvgIpc) is 3.34. The SMILES string of the molecule is CCCCN(C)S(=O)(=O)c1cc([N+](=O)[O-])ccc1N/N=C\c1ccc(Sc2nc3ccccc3s2)c([N+](=O)[O-])c1. The minimum absolute atomic E-state index is 0.0303. The number of para-hydroxylation sites is 1. The molecule has 1 N–H and O–H groups in total. The fraction of sp³-hybridized carbons (Fsp3) is 0.200. The van der Waals surface area contributed by atoms with Crippen LogP contribution >= 0.6 is 23.1 Å². The van der Waals surface area contributed by atoms with E-state index in [0.29, 0.717) is 21.2 Å². The molecule has 0 bridgehead atoms. The van der Waals surface area contributed by atoms with E-state index in [9.17, 15) is 28.6 Å². The number of thiazole rings is 1. The summed E-state index contributed by atoms with van der Waals surface area (Å²) in [6, 6.07) is 15.6. The number of nitrogens with one attached hydrogen (secondary N) is 1. The maximum absolute atomic E-state index is 13.2. The molecule has 0 aliphatic rings. The number of hydrogen-bond acceptors (Lipinski definition) is 11. The predicted molar refractivity (Wildman–Crippen MR) is 156 cm³/mol. The molecule has 3 aromatic carbocycles. The van der Waals surface area contributed by atoms with Gasteiger partial charge < -0.3 is 0 Å². The van der Waals surface area contributed by atoms with Gasteiger partial charge in [0, 0.05) is 37.4 Å². The number of nitro groups is 2. The number of benzene rings is 3. The van der Waals surface area contributed by atoms with Gasteiger partial charge >= 0.3 is 0 Å². The van der Waals surface area contributed by atoms with Crippen molar-refractivity contribution in [1.82, 2.24) is 9.29 Å². The van der Waals surface area contributed by atoms with E-state index in [1.807, 2.05) is 31.2 Å². The first-order chi connectivity index (χ1) is 19.1. The summed E-state index contributed by atoms with van der Waals surface area (Å²) < 4.78 is 29.1. The monoisotopic (exact) mass is 600 g/mol. The normalized spacial score (nSPS) is 11.9. The van der Waals surface area contributed by atoms with Crippen molar-refractivity contribution in [2.45, 2.75) is 33.9 Å². The molecule has 0 spiro atoms. The molecular weight excluding hydrogens is 577 g/mol. The van der Waals surface area contributed by atoms with E-state index in [-0.39, 0.29) is 28.5 Å². The molecular formula is C25H24N6O6S3. The molecule has 208 valence electrons. The highest BCUT2D eigenvalue weighted by molar-refractivity contribution is 8.01. The van der Waals surface area contributed by atoms with E-state index in [0.717, 1.165) is 27.0 Å². The number of sulfonamides is 1. The van der Waals surface area contributed by atoms with Crippen molar-refractivity contribution in [3.05, 3.63) is 86.5 Å². The van der Waals surface area contributed by atoms with Gasteiger partial charge in [-0.05, 0) is 30.7 Å². The van der Waals surface area contributed by atoms with Gasteiger partial charge in [-0.25, -0.2) is 17.7 Å². The van der Waals surface area contributed by atoms with Crippen molar-refractivity contribution in [3.8, 4) is 0 Å².